The smallest absolute Gasteiger partial charge is 0.417 e. The highest BCUT2D eigenvalue weighted by molar-refractivity contribution is 9.10. The second-order valence-corrected chi connectivity index (χ2v) is 9.68. The molecule has 2 aromatic rings. The molecule has 32 heavy (non-hydrogen) atoms. The van der Waals surface area contributed by atoms with Crippen molar-refractivity contribution in [3.8, 4) is 0 Å². The zero-order chi connectivity index (χ0) is 23.1. The monoisotopic (exact) mass is 504 g/mol. The Morgan fingerprint density at radius 2 is 1.72 bits per heavy atom. The fourth-order valence-corrected chi connectivity index (χ4v) is 3.77. The van der Waals surface area contributed by atoms with Crippen LogP contribution in [0.3, 0.4) is 0 Å². The molecule has 0 aliphatic heterocycles. The van der Waals surface area contributed by atoms with Crippen LogP contribution in [0.1, 0.15) is 52.0 Å². The Morgan fingerprint density at radius 3 is 2.31 bits per heavy atom. The average molecular weight is 505 g/mol. The number of nitrogens with zero attached hydrogens (tertiary/aromatic N) is 3. The fourth-order valence-electron chi connectivity index (χ4n) is 3.57. The summed E-state index contributed by atoms with van der Waals surface area (Å²) in [5, 5.41) is 2.92. The second-order valence-electron chi connectivity index (χ2n) is 8.76. The number of carbonyl (C=O) groups is 2. The van der Waals surface area contributed by atoms with E-state index < -0.39 is 17.8 Å². The SMILES string of the molecule is CC(C)(C)OC(=O)NC1CCC(N(C(=O)OCc2ccccc2)c2ncc(Br)cn2)CC1. The second kappa shape index (κ2) is 10.8. The Kier molecular flexibility index (Phi) is 8.06. The van der Waals surface area contributed by atoms with Crippen LogP contribution in [0.2, 0.25) is 0 Å². The molecular formula is C23H29BrN4O4. The average Bonchev–Trinajstić information content (AvgIpc) is 2.74. The third-order valence-electron chi connectivity index (χ3n) is 5.01. The van der Waals surface area contributed by atoms with Gasteiger partial charge >= 0.3 is 12.2 Å². The molecule has 2 amide bonds. The van der Waals surface area contributed by atoms with Crippen LogP contribution < -0.4 is 10.2 Å². The largest absolute Gasteiger partial charge is 0.444 e. The number of nitrogens with one attached hydrogen (secondary N) is 1. The molecule has 1 N–H and O–H groups in total. The number of rotatable bonds is 5. The number of anilines is 1. The molecule has 1 aliphatic carbocycles. The number of hydrogen-bond acceptors (Lipinski definition) is 6. The van der Waals surface area contributed by atoms with E-state index in [1.54, 1.807) is 12.4 Å². The van der Waals surface area contributed by atoms with E-state index in [-0.39, 0.29) is 18.7 Å². The molecular weight excluding hydrogens is 476 g/mol. The lowest BCUT2D eigenvalue weighted by Gasteiger charge is -2.35. The molecule has 0 radical (unpaired) electrons. The molecule has 172 valence electrons. The molecule has 8 nitrogen and oxygen atoms in total. The first-order valence-electron chi connectivity index (χ1n) is 10.7. The number of carbonyl (C=O) groups excluding carboxylic acids is 2. The van der Waals surface area contributed by atoms with Gasteiger partial charge in [-0.05, 0) is 67.9 Å². The van der Waals surface area contributed by atoms with Crippen LogP contribution >= 0.6 is 15.9 Å². The van der Waals surface area contributed by atoms with E-state index in [0.29, 0.717) is 31.6 Å². The first-order valence-corrected chi connectivity index (χ1v) is 11.5. The van der Waals surface area contributed by atoms with E-state index in [1.165, 1.54) is 4.90 Å². The van der Waals surface area contributed by atoms with Gasteiger partial charge in [-0.15, -0.1) is 0 Å². The summed E-state index contributed by atoms with van der Waals surface area (Å²) in [7, 11) is 0. The number of ether oxygens (including phenoxy) is 2. The molecule has 1 fully saturated rings. The standard InChI is InChI=1S/C23H29BrN4O4/c1-23(2,3)32-21(29)27-18-9-11-19(12-10-18)28(20-25-13-17(24)14-26-20)22(30)31-15-16-7-5-4-6-8-16/h4-8,13-14,18-19H,9-12,15H2,1-3H3,(H,27,29). The lowest BCUT2D eigenvalue weighted by Crippen LogP contribution is -2.48. The highest BCUT2D eigenvalue weighted by atomic mass is 79.9. The van der Waals surface area contributed by atoms with Gasteiger partial charge < -0.3 is 14.8 Å². The van der Waals surface area contributed by atoms with Gasteiger partial charge in [0.2, 0.25) is 5.95 Å². The molecule has 1 saturated carbocycles. The fraction of sp³-hybridized carbons (Fsp3) is 0.478. The number of amides is 2. The number of benzene rings is 1. The van der Waals surface area contributed by atoms with Crippen LogP contribution in [0.25, 0.3) is 0 Å². The predicted octanol–water partition coefficient (Wildman–Crippen LogP) is 5.22. The van der Waals surface area contributed by atoms with Crippen molar-refractivity contribution in [2.24, 2.45) is 0 Å². The molecule has 9 heteroatoms. The minimum Gasteiger partial charge on any atom is -0.444 e. The van der Waals surface area contributed by atoms with Crippen LogP contribution in [0, 0.1) is 0 Å². The van der Waals surface area contributed by atoms with Gasteiger partial charge in [-0.25, -0.2) is 24.5 Å². The topological polar surface area (TPSA) is 93.7 Å². The van der Waals surface area contributed by atoms with Gasteiger partial charge in [-0.1, -0.05) is 30.3 Å². The minimum atomic E-state index is -0.542. The van der Waals surface area contributed by atoms with Crippen molar-refractivity contribution < 1.29 is 19.1 Å². The quantitative estimate of drug-likeness (QED) is 0.599. The molecule has 0 spiro atoms. The van der Waals surface area contributed by atoms with E-state index in [2.05, 4.69) is 31.2 Å². The third kappa shape index (κ3) is 7.19. The first-order chi connectivity index (χ1) is 15.2. The summed E-state index contributed by atoms with van der Waals surface area (Å²) in [5.41, 5.74) is 0.363. The van der Waals surface area contributed by atoms with Crippen molar-refractivity contribution in [2.45, 2.75) is 70.7 Å². The van der Waals surface area contributed by atoms with E-state index in [9.17, 15) is 9.59 Å². The highest BCUT2D eigenvalue weighted by Gasteiger charge is 2.33. The van der Waals surface area contributed by atoms with Gasteiger partial charge in [-0.2, -0.15) is 0 Å². The maximum absolute atomic E-state index is 13.0. The Hall–Kier alpha value is -2.68. The lowest BCUT2D eigenvalue weighted by atomic mass is 9.90. The predicted molar refractivity (Wildman–Crippen MR) is 124 cm³/mol. The molecule has 0 unspecified atom stereocenters. The normalized spacial score (nSPS) is 18.5. The summed E-state index contributed by atoms with van der Waals surface area (Å²) < 4.78 is 11.7. The van der Waals surface area contributed by atoms with E-state index in [4.69, 9.17) is 9.47 Å². The van der Waals surface area contributed by atoms with E-state index >= 15 is 0 Å². The maximum atomic E-state index is 13.0. The third-order valence-corrected chi connectivity index (χ3v) is 5.42. The molecule has 1 heterocycles. The van der Waals surface area contributed by atoms with Crippen LogP contribution in [0.4, 0.5) is 15.5 Å². The Bertz CT molecular complexity index is 894. The van der Waals surface area contributed by atoms with E-state index in [1.807, 2.05) is 51.1 Å². The number of hydrogen-bond donors (Lipinski definition) is 1. The van der Waals surface area contributed by atoms with Crippen molar-refractivity contribution in [2.75, 3.05) is 4.90 Å². The van der Waals surface area contributed by atoms with Gasteiger partial charge in [0.05, 0.1) is 4.47 Å². The Labute approximate surface area is 196 Å². The van der Waals surface area contributed by atoms with Gasteiger partial charge in [-0.3, -0.25) is 0 Å². The summed E-state index contributed by atoms with van der Waals surface area (Å²) in [5.74, 6) is 0.301. The molecule has 1 aromatic heterocycles. The Morgan fingerprint density at radius 1 is 1.09 bits per heavy atom. The summed E-state index contributed by atoms with van der Waals surface area (Å²) in [6.45, 7) is 5.67. The van der Waals surface area contributed by atoms with Gasteiger partial charge in [0.1, 0.15) is 12.2 Å². The highest BCUT2D eigenvalue weighted by Crippen LogP contribution is 2.27. The van der Waals surface area contributed by atoms with Gasteiger partial charge in [0, 0.05) is 24.5 Å². The van der Waals surface area contributed by atoms with Crippen LogP contribution in [-0.2, 0) is 16.1 Å². The summed E-state index contributed by atoms with van der Waals surface area (Å²) >= 11 is 3.33. The van der Waals surface area contributed by atoms with E-state index in [0.717, 1.165) is 10.0 Å². The zero-order valence-corrected chi connectivity index (χ0v) is 20.2. The summed E-state index contributed by atoms with van der Waals surface area (Å²) in [4.78, 5) is 35.3. The van der Waals surface area contributed by atoms with Crippen LogP contribution in [-0.4, -0.2) is 39.8 Å². The minimum absolute atomic E-state index is 0.00544. The van der Waals surface area contributed by atoms with Crippen molar-refractivity contribution in [3.63, 3.8) is 0 Å². The molecule has 3 rings (SSSR count). The van der Waals surface area contributed by atoms with Crippen molar-refractivity contribution in [3.05, 3.63) is 52.8 Å². The van der Waals surface area contributed by atoms with Crippen molar-refractivity contribution >= 4 is 34.1 Å². The van der Waals surface area contributed by atoms with Gasteiger partial charge in [0.15, 0.2) is 0 Å². The number of alkyl carbamates (subject to hydrolysis) is 1. The van der Waals surface area contributed by atoms with Crippen molar-refractivity contribution in [1.82, 2.24) is 15.3 Å². The summed E-state index contributed by atoms with van der Waals surface area (Å²) in [6.07, 6.45) is 5.09. The molecule has 0 saturated heterocycles. The molecule has 1 aromatic carbocycles. The number of aromatic nitrogens is 2. The molecule has 0 atom stereocenters. The Balaban J connectivity index is 1.64. The van der Waals surface area contributed by atoms with Gasteiger partial charge in [0.25, 0.3) is 0 Å². The van der Waals surface area contributed by atoms with Crippen molar-refractivity contribution in [1.29, 1.82) is 0 Å². The summed E-state index contributed by atoms with van der Waals surface area (Å²) in [6, 6.07) is 9.39. The number of halogens is 1. The van der Waals surface area contributed by atoms with Crippen LogP contribution in [0.5, 0.6) is 0 Å². The molecule has 0 bridgehead atoms. The molecule has 1 aliphatic rings. The zero-order valence-electron chi connectivity index (χ0n) is 18.6. The lowest BCUT2D eigenvalue weighted by molar-refractivity contribution is 0.0490. The van der Waals surface area contributed by atoms with Crippen LogP contribution in [0.15, 0.2) is 47.2 Å². The first kappa shape index (κ1) is 24.0. The maximum Gasteiger partial charge on any atom is 0.417 e.